The van der Waals surface area contributed by atoms with Gasteiger partial charge in [0.05, 0.1) is 0 Å². The average molecular weight is 263 g/mol. The lowest BCUT2D eigenvalue weighted by atomic mass is 10.1. The van der Waals surface area contributed by atoms with Crippen LogP contribution in [0.1, 0.15) is 17.6 Å². The molecule has 0 bridgehead atoms. The van der Waals surface area contributed by atoms with Crippen molar-refractivity contribution in [2.24, 2.45) is 0 Å². The van der Waals surface area contributed by atoms with Crippen LogP contribution in [-0.2, 0) is 6.54 Å². The predicted molar refractivity (Wildman–Crippen MR) is 72.2 cm³/mol. The van der Waals surface area contributed by atoms with Crippen molar-refractivity contribution < 1.29 is 8.78 Å². The molecule has 3 nitrogen and oxygen atoms in total. The second-order valence-electron chi connectivity index (χ2n) is 4.33. The zero-order chi connectivity index (χ0) is 13.8. The standard InChI is InChI=1S/C14H15F2N3/c1-19(9-10-4-6-18-7-5-10)13-3-2-11(17)8-12(13)14(15)16/h2-8,14H,9,17H2,1H3. The Labute approximate surface area is 110 Å². The van der Waals surface area contributed by atoms with Gasteiger partial charge in [0, 0.05) is 42.9 Å². The highest BCUT2D eigenvalue weighted by atomic mass is 19.3. The average Bonchev–Trinajstić information content (AvgIpc) is 2.39. The minimum atomic E-state index is -2.54. The number of benzene rings is 1. The maximum Gasteiger partial charge on any atom is 0.265 e. The van der Waals surface area contributed by atoms with Crippen LogP contribution in [0.2, 0.25) is 0 Å². The van der Waals surface area contributed by atoms with Crippen molar-refractivity contribution in [3.63, 3.8) is 0 Å². The highest BCUT2D eigenvalue weighted by Gasteiger charge is 2.16. The van der Waals surface area contributed by atoms with Gasteiger partial charge in [0.2, 0.25) is 0 Å². The summed E-state index contributed by atoms with van der Waals surface area (Å²) in [5.74, 6) is 0. The zero-order valence-electron chi connectivity index (χ0n) is 10.6. The molecule has 5 heteroatoms. The van der Waals surface area contributed by atoms with E-state index in [4.69, 9.17) is 5.73 Å². The lowest BCUT2D eigenvalue weighted by Crippen LogP contribution is -2.18. The summed E-state index contributed by atoms with van der Waals surface area (Å²) in [6, 6.07) is 8.29. The summed E-state index contributed by atoms with van der Waals surface area (Å²) in [5.41, 5.74) is 7.35. The van der Waals surface area contributed by atoms with E-state index in [-0.39, 0.29) is 5.56 Å². The Balaban J connectivity index is 2.26. The predicted octanol–water partition coefficient (Wildman–Crippen LogP) is 3.24. The van der Waals surface area contributed by atoms with E-state index in [0.29, 0.717) is 17.9 Å². The van der Waals surface area contributed by atoms with Gasteiger partial charge in [0.15, 0.2) is 0 Å². The summed E-state index contributed by atoms with van der Waals surface area (Å²) in [5, 5.41) is 0. The van der Waals surface area contributed by atoms with Crippen molar-refractivity contribution in [1.82, 2.24) is 4.98 Å². The summed E-state index contributed by atoms with van der Waals surface area (Å²) in [6.45, 7) is 0.534. The van der Waals surface area contributed by atoms with Gasteiger partial charge in [-0.15, -0.1) is 0 Å². The van der Waals surface area contributed by atoms with Gasteiger partial charge in [-0.2, -0.15) is 0 Å². The molecule has 2 rings (SSSR count). The Bertz CT molecular complexity index is 544. The molecular weight excluding hydrogens is 248 g/mol. The number of anilines is 2. The molecule has 0 atom stereocenters. The van der Waals surface area contributed by atoms with E-state index >= 15 is 0 Å². The number of pyridine rings is 1. The van der Waals surface area contributed by atoms with Gasteiger partial charge in [-0.05, 0) is 35.9 Å². The molecule has 0 saturated carbocycles. The van der Waals surface area contributed by atoms with E-state index in [1.54, 1.807) is 36.5 Å². The van der Waals surface area contributed by atoms with Crippen molar-refractivity contribution in [3.8, 4) is 0 Å². The van der Waals surface area contributed by atoms with Crippen LogP contribution in [0.25, 0.3) is 0 Å². The second kappa shape index (κ2) is 5.65. The molecule has 0 aliphatic rings. The molecule has 100 valence electrons. The molecule has 0 aliphatic heterocycles. The molecule has 2 N–H and O–H groups in total. The van der Waals surface area contributed by atoms with Gasteiger partial charge in [-0.3, -0.25) is 4.98 Å². The molecule has 0 radical (unpaired) electrons. The van der Waals surface area contributed by atoms with Crippen molar-refractivity contribution >= 4 is 11.4 Å². The molecule has 1 aromatic carbocycles. The smallest absolute Gasteiger partial charge is 0.265 e. The number of halogens is 2. The van der Waals surface area contributed by atoms with Crippen LogP contribution in [0.4, 0.5) is 20.2 Å². The fourth-order valence-corrected chi connectivity index (χ4v) is 1.94. The first-order valence-electron chi connectivity index (χ1n) is 5.85. The quantitative estimate of drug-likeness (QED) is 0.861. The summed E-state index contributed by atoms with van der Waals surface area (Å²) >= 11 is 0. The molecule has 1 heterocycles. The minimum Gasteiger partial charge on any atom is -0.399 e. The van der Waals surface area contributed by atoms with Gasteiger partial charge >= 0.3 is 0 Å². The van der Waals surface area contributed by atoms with Gasteiger partial charge < -0.3 is 10.6 Å². The first-order valence-corrected chi connectivity index (χ1v) is 5.85. The van der Waals surface area contributed by atoms with Gasteiger partial charge in [-0.1, -0.05) is 0 Å². The Morgan fingerprint density at radius 3 is 2.53 bits per heavy atom. The minimum absolute atomic E-state index is 0.0449. The third-order valence-electron chi connectivity index (χ3n) is 2.87. The number of nitrogens with two attached hydrogens (primary N) is 1. The van der Waals surface area contributed by atoms with Crippen LogP contribution in [0.3, 0.4) is 0 Å². The molecule has 0 fully saturated rings. The fraction of sp³-hybridized carbons (Fsp3) is 0.214. The third kappa shape index (κ3) is 3.19. The SMILES string of the molecule is CN(Cc1ccncc1)c1ccc(N)cc1C(F)F. The Hall–Kier alpha value is -2.17. The van der Waals surface area contributed by atoms with Gasteiger partial charge in [-0.25, -0.2) is 8.78 Å². The maximum absolute atomic E-state index is 13.0. The van der Waals surface area contributed by atoms with Crippen LogP contribution in [0.5, 0.6) is 0 Å². The lowest BCUT2D eigenvalue weighted by Gasteiger charge is -2.22. The molecule has 0 unspecified atom stereocenters. The van der Waals surface area contributed by atoms with Crippen LogP contribution in [-0.4, -0.2) is 12.0 Å². The summed E-state index contributed by atoms with van der Waals surface area (Å²) in [4.78, 5) is 5.70. The van der Waals surface area contributed by atoms with Crippen LogP contribution < -0.4 is 10.6 Å². The highest BCUT2D eigenvalue weighted by Crippen LogP contribution is 2.31. The molecular formula is C14H15F2N3. The van der Waals surface area contributed by atoms with E-state index in [2.05, 4.69) is 4.98 Å². The van der Waals surface area contributed by atoms with Crippen molar-refractivity contribution in [2.75, 3.05) is 17.7 Å². The number of rotatable bonds is 4. The number of alkyl halides is 2. The highest BCUT2D eigenvalue weighted by molar-refractivity contribution is 5.60. The van der Waals surface area contributed by atoms with Crippen LogP contribution in [0, 0.1) is 0 Å². The molecule has 0 amide bonds. The zero-order valence-corrected chi connectivity index (χ0v) is 10.6. The van der Waals surface area contributed by atoms with E-state index < -0.39 is 6.43 Å². The van der Waals surface area contributed by atoms with Gasteiger partial charge in [0.1, 0.15) is 0 Å². The first kappa shape index (κ1) is 13.3. The van der Waals surface area contributed by atoms with Crippen LogP contribution >= 0.6 is 0 Å². The monoisotopic (exact) mass is 263 g/mol. The maximum atomic E-state index is 13.0. The normalized spacial score (nSPS) is 10.7. The van der Waals surface area contributed by atoms with E-state index in [0.717, 1.165) is 5.56 Å². The molecule has 2 aromatic rings. The number of nitrogen functional groups attached to an aromatic ring is 1. The summed E-state index contributed by atoms with van der Waals surface area (Å²) in [7, 11) is 1.78. The number of hydrogen-bond donors (Lipinski definition) is 1. The fourth-order valence-electron chi connectivity index (χ4n) is 1.94. The summed E-state index contributed by atoms with van der Waals surface area (Å²) in [6.07, 6.45) is 0.818. The largest absolute Gasteiger partial charge is 0.399 e. The Morgan fingerprint density at radius 1 is 1.21 bits per heavy atom. The third-order valence-corrected chi connectivity index (χ3v) is 2.87. The van der Waals surface area contributed by atoms with Crippen LogP contribution in [0.15, 0.2) is 42.7 Å². The molecule has 0 aliphatic carbocycles. The molecule has 1 aromatic heterocycles. The molecule has 19 heavy (non-hydrogen) atoms. The van der Waals surface area contributed by atoms with E-state index in [1.807, 2.05) is 12.1 Å². The lowest BCUT2D eigenvalue weighted by molar-refractivity contribution is 0.152. The molecule has 0 saturated heterocycles. The Morgan fingerprint density at radius 2 is 1.89 bits per heavy atom. The Kier molecular flexibility index (Phi) is 3.94. The van der Waals surface area contributed by atoms with Crippen molar-refractivity contribution in [3.05, 3.63) is 53.9 Å². The van der Waals surface area contributed by atoms with E-state index in [1.165, 1.54) is 6.07 Å². The second-order valence-corrected chi connectivity index (χ2v) is 4.33. The topological polar surface area (TPSA) is 42.2 Å². The van der Waals surface area contributed by atoms with Gasteiger partial charge in [0.25, 0.3) is 6.43 Å². The van der Waals surface area contributed by atoms with Crippen molar-refractivity contribution in [1.29, 1.82) is 0 Å². The van der Waals surface area contributed by atoms with E-state index in [9.17, 15) is 8.78 Å². The number of nitrogens with zero attached hydrogens (tertiary/aromatic N) is 2. The number of aromatic nitrogens is 1. The summed E-state index contributed by atoms with van der Waals surface area (Å²) < 4.78 is 26.0. The number of hydrogen-bond acceptors (Lipinski definition) is 3. The molecule has 0 spiro atoms. The first-order chi connectivity index (χ1) is 9.08. The van der Waals surface area contributed by atoms with Crippen molar-refractivity contribution in [2.45, 2.75) is 13.0 Å².